The van der Waals surface area contributed by atoms with Crippen molar-refractivity contribution in [2.24, 2.45) is 5.92 Å². The van der Waals surface area contributed by atoms with Gasteiger partial charge in [0.15, 0.2) is 0 Å². The Hall–Kier alpha value is -2.77. The fraction of sp³-hybridized carbons (Fsp3) is 0.522. The van der Waals surface area contributed by atoms with Gasteiger partial charge in [0, 0.05) is 39.2 Å². The molecule has 31 heavy (non-hydrogen) atoms. The van der Waals surface area contributed by atoms with Crippen molar-refractivity contribution < 1.29 is 13.6 Å². The first-order valence-electron chi connectivity index (χ1n) is 10.9. The van der Waals surface area contributed by atoms with E-state index in [9.17, 15) is 13.6 Å². The second-order valence-electron chi connectivity index (χ2n) is 8.60. The predicted molar refractivity (Wildman–Crippen MR) is 117 cm³/mol. The molecule has 0 radical (unpaired) electrons. The number of hydrogen-bond donors (Lipinski definition) is 1. The third-order valence-corrected chi connectivity index (χ3v) is 5.82. The van der Waals surface area contributed by atoms with Crippen LogP contribution in [0.4, 0.5) is 20.5 Å². The Morgan fingerprint density at radius 2 is 2.03 bits per heavy atom. The molecular weight excluding hydrogens is 400 g/mol. The molecule has 2 aliphatic rings. The molecule has 2 fully saturated rings. The molecule has 1 aliphatic heterocycles. The van der Waals surface area contributed by atoms with Crippen LogP contribution in [-0.4, -0.2) is 55.0 Å². The van der Waals surface area contributed by atoms with Crippen molar-refractivity contribution >= 4 is 17.7 Å². The van der Waals surface area contributed by atoms with Crippen LogP contribution in [0.2, 0.25) is 0 Å². The number of nitrogens with one attached hydrogen (secondary N) is 1. The number of hydrogen-bond acceptors (Lipinski definition) is 5. The number of amides is 1. The van der Waals surface area contributed by atoms with Crippen LogP contribution in [0.5, 0.6) is 0 Å². The molecule has 6 nitrogen and oxygen atoms in total. The molecule has 1 saturated carbocycles. The van der Waals surface area contributed by atoms with E-state index in [-0.39, 0.29) is 24.6 Å². The van der Waals surface area contributed by atoms with Gasteiger partial charge in [-0.1, -0.05) is 30.3 Å². The second-order valence-corrected chi connectivity index (χ2v) is 8.60. The van der Waals surface area contributed by atoms with Gasteiger partial charge in [0.25, 0.3) is 11.8 Å². The molecular formula is C23H29F2N5O. The van der Waals surface area contributed by atoms with Crippen LogP contribution < -0.4 is 15.1 Å². The van der Waals surface area contributed by atoms with Gasteiger partial charge in [-0.3, -0.25) is 4.79 Å². The molecule has 1 aliphatic carbocycles. The van der Waals surface area contributed by atoms with Crippen LogP contribution in [0.25, 0.3) is 0 Å². The lowest BCUT2D eigenvalue weighted by atomic mass is 10.1. The Kier molecular flexibility index (Phi) is 6.34. The van der Waals surface area contributed by atoms with Gasteiger partial charge in [0.1, 0.15) is 11.5 Å². The maximum atomic E-state index is 14.0. The van der Waals surface area contributed by atoms with Crippen molar-refractivity contribution in [3.05, 3.63) is 47.7 Å². The first kappa shape index (κ1) is 21.5. The normalized spacial score (nSPS) is 18.0. The number of aromatic nitrogens is 2. The summed E-state index contributed by atoms with van der Waals surface area (Å²) in [6, 6.07) is 11.6. The molecule has 2 aromatic rings. The van der Waals surface area contributed by atoms with E-state index in [1.807, 2.05) is 30.1 Å². The quantitative estimate of drug-likeness (QED) is 0.696. The fourth-order valence-electron chi connectivity index (χ4n) is 3.72. The number of nitrogens with zero attached hydrogens (tertiary/aromatic N) is 4. The summed E-state index contributed by atoms with van der Waals surface area (Å²) in [5.74, 6) is -1.74. The molecule has 4 rings (SSSR count). The van der Waals surface area contributed by atoms with Crippen molar-refractivity contribution in [2.45, 2.75) is 38.0 Å². The summed E-state index contributed by atoms with van der Waals surface area (Å²) in [6.45, 7) is 1.37. The standard InChI is InChI=1S/C23H29F2N5O/c1-29(13-10-17-6-3-2-4-7-17)22-27-19(21(31)26-15-18-8-9-18)14-20(28-22)30-12-5-11-23(24,25)16-30/h2-4,6-7,14,18H,5,8-13,15-16H2,1H3,(H,26,31). The van der Waals surface area contributed by atoms with Gasteiger partial charge in [-0.2, -0.15) is 4.98 Å². The van der Waals surface area contributed by atoms with E-state index in [2.05, 4.69) is 27.4 Å². The van der Waals surface area contributed by atoms with Crippen molar-refractivity contribution in [1.82, 2.24) is 15.3 Å². The summed E-state index contributed by atoms with van der Waals surface area (Å²) in [4.78, 5) is 25.2. The highest BCUT2D eigenvalue weighted by Crippen LogP contribution is 2.30. The summed E-state index contributed by atoms with van der Waals surface area (Å²) in [5.41, 5.74) is 1.41. The van der Waals surface area contributed by atoms with E-state index in [0.29, 0.717) is 43.7 Å². The molecule has 1 aromatic heterocycles. The van der Waals surface area contributed by atoms with E-state index < -0.39 is 5.92 Å². The highest BCUT2D eigenvalue weighted by molar-refractivity contribution is 5.93. The van der Waals surface area contributed by atoms with E-state index in [0.717, 1.165) is 19.3 Å². The molecule has 0 unspecified atom stereocenters. The number of benzene rings is 1. The monoisotopic (exact) mass is 429 g/mol. The zero-order valence-electron chi connectivity index (χ0n) is 17.9. The number of anilines is 2. The molecule has 0 spiro atoms. The number of halogens is 2. The van der Waals surface area contributed by atoms with E-state index in [1.54, 1.807) is 4.90 Å². The van der Waals surface area contributed by atoms with Crippen LogP contribution >= 0.6 is 0 Å². The van der Waals surface area contributed by atoms with Crippen LogP contribution in [0.3, 0.4) is 0 Å². The van der Waals surface area contributed by atoms with Crippen LogP contribution in [-0.2, 0) is 6.42 Å². The molecule has 0 bridgehead atoms. The molecule has 1 amide bonds. The van der Waals surface area contributed by atoms with Gasteiger partial charge in [0.05, 0.1) is 6.54 Å². The second kappa shape index (κ2) is 9.16. The number of carbonyl (C=O) groups is 1. The van der Waals surface area contributed by atoms with Crippen LogP contribution in [0, 0.1) is 5.92 Å². The van der Waals surface area contributed by atoms with Gasteiger partial charge in [0.2, 0.25) is 5.95 Å². The van der Waals surface area contributed by atoms with Gasteiger partial charge in [-0.05, 0) is 37.2 Å². The van der Waals surface area contributed by atoms with E-state index in [4.69, 9.17) is 0 Å². The third kappa shape index (κ3) is 5.89. The molecule has 1 aromatic carbocycles. The predicted octanol–water partition coefficient (Wildman–Crippen LogP) is 3.53. The van der Waals surface area contributed by atoms with Gasteiger partial charge < -0.3 is 15.1 Å². The number of likely N-dealkylation sites (N-methyl/N-ethyl adjacent to an activating group) is 1. The summed E-state index contributed by atoms with van der Waals surface area (Å²) in [7, 11) is 1.86. The zero-order chi connectivity index (χ0) is 21.8. The Morgan fingerprint density at radius 1 is 1.26 bits per heavy atom. The number of alkyl halides is 2. The van der Waals surface area contributed by atoms with Crippen LogP contribution in [0.15, 0.2) is 36.4 Å². The van der Waals surface area contributed by atoms with Crippen LogP contribution in [0.1, 0.15) is 41.7 Å². The average Bonchev–Trinajstić information content (AvgIpc) is 3.60. The highest BCUT2D eigenvalue weighted by atomic mass is 19.3. The zero-order valence-corrected chi connectivity index (χ0v) is 17.9. The minimum atomic E-state index is -2.75. The van der Waals surface area contributed by atoms with Crippen molar-refractivity contribution in [3.8, 4) is 0 Å². The Bertz CT molecular complexity index is 904. The van der Waals surface area contributed by atoms with Gasteiger partial charge in [-0.25, -0.2) is 13.8 Å². The maximum Gasteiger partial charge on any atom is 0.270 e. The van der Waals surface area contributed by atoms with E-state index >= 15 is 0 Å². The molecule has 0 atom stereocenters. The summed E-state index contributed by atoms with van der Waals surface area (Å²) < 4.78 is 28.0. The molecule has 2 heterocycles. The smallest absolute Gasteiger partial charge is 0.270 e. The SMILES string of the molecule is CN(CCc1ccccc1)c1nc(C(=O)NCC2CC2)cc(N2CCCC(F)(F)C2)n1. The third-order valence-electron chi connectivity index (χ3n) is 5.82. The molecule has 1 N–H and O–H groups in total. The fourth-order valence-corrected chi connectivity index (χ4v) is 3.72. The number of carbonyl (C=O) groups excluding carboxylic acids is 1. The van der Waals surface area contributed by atoms with E-state index in [1.165, 1.54) is 11.6 Å². The van der Waals surface area contributed by atoms with Crippen molar-refractivity contribution in [1.29, 1.82) is 0 Å². The Balaban J connectivity index is 1.54. The summed E-state index contributed by atoms with van der Waals surface area (Å²) in [6.07, 6.45) is 3.32. The largest absolute Gasteiger partial charge is 0.350 e. The Morgan fingerprint density at radius 3 is 2.74 bits per heavy atom. The Labute approximate surface area is 181 Å². The molecule has 166 valence electrons. The number of rotatable bonds is 8. The lowest BCUT2D eigenvalue weighted by molar-refractivity contribution is -0.0118. The average molecular weight is 430 g/mol. The maximum absolute atomic E-state index is 14.0. The minimum Gasteiger partial charge on any atom is -0.350 e. The highest BCUT2D eigenvalue weighted by Gasteiger charge is 2.36. The molecule has 8 heteroatoms. The van der Waals surface area contributed by atoms with Gasteiger partial charge in [-0.15, -0.1) is 0 Å². The number of piperidine rings is 1. The van der Waals surface area contributed by atoms with Crippen molar-refractivity contribution in [2.75, 3.05) is 43.0 Å². The summed E-state index contributed by atoms with van der Waals surface area (Å²) in [5, 5.41) is 2.92. The minimum absolute atomic E-state index is 0.118. The van der Waals surface area contributed by atoms with Gasteiger partial charge >= 0.3 is 0 Å². The first-order chi connectivity index (χ1) is 14.9. The van der Waals surface area contributed by atoms with Crippen molar-refractivity contribution in [3.63, 3.8) is 0 Å². The topological polar surface area (TPSA) is 61.4 Å². The lowest BCUT2D eigenvalue weighted by Crippen LogP contribution is -2.43. The lowest BCUT2D eigenvalue weighted by Gasteiger charge is -2.33. The molecule has 1 saturated heterocycles. The first-order valence-corrected chi connectivity index (χ1v) is 10.9. The summed E-state index contributed by atoms with van der Waals surface area (Å²) >= 11 is 0.